The van der Waals surface area contributed by atoms with Gasteiger partial charge in [0.15, 0.2) is 0 Å². The van der Waals surface area contributed by atoms with Gasteiger partial charge in [0.2, 0.25) is 0 Å². The van der Waals surface area contributed by atoms with Crippen LogP contribution in [0.1, 0.15) is 18.4 Å². The molecule has 0 bridgehead atoms. The smallest absolute Gasteiger partial charge is 0.0595 e. The van der Waals surface area contributed by atoms with Gasteiger partial charge in [-0.1, -0.05) is 59.9 Å². The zero-order valence-electron chi connectivity index (χ0n) is 17.0. The monoisotopic (exact) mass is 460 g/mol. The molecule has 3 rings (SSSR count). The molecule has 0 spiro atoms. The Bertz CT molecular complexity index is 987. The van der Waals surface area contributed by atoms with E-state index in [9.17, 15) is 0 Å². The van der Waals surface area contributed by atoms with Crippen molar-refractivity contribution in [3.63, 3.8) is 0 Å². The first-order chi connectivity index (χ1) is 14.5. The summed E-state index contributed by atoms with van der Waals surface area (Å²) >= 11 is 13.6. The Morgan fingerprint density at radius 1 is 1.13 bits per heavy atom. The van der Waals surface area contributed by atoms with Crippen LogP contribution in [0.3, 0.4) is 0 Å². The van der Waals surface area contributed by atoms with Crippen molar-refractivity contribution < 1.29 is 0 Å². The van der Waals surface area contributed by atoms with Gasteiger partial charge in [-0.3, -0.25) is 4.68 Å². The number of nitrogens with zero attached hydrogens (tertiary/aromatic N) is 2. The van der Waals surface area contributed by atoms with Crippen LogP contribution in [0.2, 0.25) is 10.0 Å². The van der Waals surface area contributed by atoms with E-state index in [-0.39, 0.29) is 0 Å². The van der Waals surface area contributed by atoms with Gasteiger partial charge in [0.1, 0.15) is 0 Å². The standard InChI is InChI=1S/C23H26Cl2N4S/c1-17(7-8-18-9-10-22(24)23(25)13-18)26-11-4-12-29-16-20(15-27-29)19-5-3-6-21(14-19)28-30-2/h3,5-6,9-10,13-16,26,28H,1,4,7-8,11-12H2,2H3. The molecule has 0 atom stereocenters. The molecule has 0 radical (unpaired) electrons. The molecule has 0 aliphatic rings. The van der Waals surface area contributed by atoms with E-state index in [1.54, 1.807) is 11.9 Å². The highest BCUT2D eigenvalue weighted by Crippen LogP contribution is 2.24. The van der Waals surface area contributed by atoms with Crippen molar-refractivity contribution in [1.29, 1.82) is 0 Å². The zero-order valence-corrected chi connectivity index (χ0v) is 19.3. The van der Waals surface area contributed by atoms with Crippen LogP contribution in [0.4, 0.5) is 5.69 Å². The second kappa shape index (κ2) is 11.3. The van der Waals surface area contributed by atoms with E-state index in [2.05, 4.69) is 52.2 Å². The first-order valence-electron chi connectivity index (χ1n) is 9.82. The molecule has 0 aliphatic carbocycles. The Morgan fingerprint density at radius 2 is 2.00 bits per heavy atom. The van der Waals surface area contributed by atoms with E-state index >= 15 is 0 Å². The Balaban J connectivity index is 1.40. The number of aryl methyl sites for hydroxylation is 2. The van der Waals surface area contributed by atoms with E-state index in [4.69, 9.17) is 23.2 Å². The van der Waals surface area contributed by atoms with Crippen LogP contribution in [0, 0.1) is 0 Å². The van der Waals surface area contributed by atoms with Gasteiger partial charge in [-0.2, -0.15) is 5.10 Å². The van der Waals surface area contributed by atoms with Crippen LogP contribution in [-0.4, -0.2) is 22.6 Å². The number of allylic oxidation sites excluding steroid dienone is 1. The molecule has 158 valence electrons. The number of aromatic nitrogens is 2. The summed E-state index contributed by atoms with van der Waals surface area (Å²) in [5.74, 6) is 0. The summed E-state index contributed by atoms with van der Waals surface area (Å²) in [6, 6.07) is 14.1. The summed E-state index contributed by atoms with van der Waals surface area (Å²) in [6.07, 6.45) is 8.75. The Hall–Kier alpha value is -2.08. The second-order valence-electron chi connectivity index (χ2n) is 7.01. The fourth-order valence-corrected chi connectivity index (χ4v) is 3.78. The highest BCUT2D eigenvalue weighted by atomic mass is 35.5. The molecule has 3 aromatic rings. The van der Waals surface area contributed by atoms with Crippen molar-refractivity contribution in [3.8, 4) is 11.1 Å². The quantitative estimate of drug-likeness (QED) is 0.247. The summed E-state index contributed by atoms with van der Waals surface area (Å²) in [6.45, 7) is 5.84. The lowest BCUT2D eigenvalue weighted by molar-refractivity contribution is 0.559. The molecule has 2 N–H and O–H groups in total. The van der Waals surface area contributed by atoms with E-state index in [1.807, 2.05) is 35.3 Å². The maximum Gasteiger partial charge on any atom is 0.0595 e. The lowest BCUT2D eigenvalue weighted by Gasteiger charge is -2.10. The minimum absolute atomic E-state index is 0.587. The summed E-state index contributed by atoms with van der Waals surface area (Å²) in [5.41, 5.74) is 5.57. The van der Waals surface area contributed by atoms with E-state index in [1.165, 1.54) is 0 Å². The van der Waals surface area contributed by atoms with Gasteiger partial charge in [-0.25, -0.2) is 0 Å². The predicted molar refractivity (Wildman–Crippen MR) is 131 cm³/mol. The molecule has 1 heterocycles. The van der Waals surface area contributed by atoms with Crippen molar-refractivity contribution in [2.75, 3.05) is 17.5 Å². The van der Waals surface area contributed by atoms with Gasteiger partial charge in [0.25, 0.3) is 0 Å². The first kappa shape index (κ1) is 22.6. The number of benzene rings is 2. The fraction of sp³-hybridized carbons (Fsp3) is 0.261. The molecule has 2 aromatic carbocycles. The van der Waals surface area contributed by atoms with Gasteiger partial charge in [0.05, 0.1) is 16.2 Å². The minimum atomic E-state index is 0.587. The summed E-state index contributed by atoms with van der Waals surface area (Å²) in [4.78, 5) is 0. The van der Waals surface area contributed by atoms with Crippen molar-refractivity contribution in [2.24, 2.45) is 0 Å². The molecule has 0 saturated carbocycles. The highest BCUT2D eigenvalue weighted by Gasteiger charge is 2.04. The number of nitrogens with one attached hydrogen (secondary N) is 2. The summed E-state index contributed by atoms with van der Waals surface area (Å²) in [7, 11) is 0. The maximum absolute atomic E-state index is 6.07. The third-order valence-electron chi connectivity index (χ3n) is 4.69. The number of rotatable bonds is 11. The maximum atomic E-state index is 6.07. The van der Waals surface area contributed by atoms with Crippen LogP contribution in [0.5, 0.6) is 0 Å². The van der Waals surface area contributed by atoms with Crippen LogP contribution in [0.25, 0.3) is 11.1 Å². The summed E-state index contributed by atoms with van der Waals surface area (Å²) in [5, 5.41) is 9.08. The second-order valence-corrected chi connectivity index (χ2v) is 8.44. The molecule has 0 fully saturated rings. The Labute approximate surface area is 192 Å². The van der Waals surface area contributed by atoms with Crippen molar-refractivity contribution in [2.45, 2.75) is 25.8 Å². The third kappa shape index (κ3) is 6.73. The Kier molecular flexibility index (Phi) is 8.55. The van der Waals surface area contributed by atoms with Crippen LogP contribution >= 0.6 is 35.1 Å². The topological polar surface area (TPSA) is 41.9 Å². The van der Waals surface area contributed by atoms with Gasteiger partial charge in [-0.15, -0.1) is 0 Å². The molecule has 7 heteroatoms. The molecule has 0 amide bonds. The lowest BCUT2D eigenvalue weighted by Crippen LogP contribution is -2.16. The SMILES string of the molecule is C=C(CCc1ccc(Cl)c(Cl)c1)NCCCn1cc(-c2cccc(NSC)c2)cn1. The van der Waals surface area contributed by atoms with Crippen LogP contribution in [-0.2, 0) is 13.0 Å². The van der Waals surface area contributed by atoms with Crippen molar-refractivity contribution in [3.05, 3.63) is 82.7 Å². The predicted octanol–water partition coefficient (Wildman–Crippen LogP) is 6.67. The average molecular weight is 461 g/mol. The van der Waals surface area contributed by atoms with Crippen molar-refractivity contribution >= 4 is 40.8 Å². The van der Waals surface area contributed by atoms with Crippen LogP contribution < -0.4 is 10.0 Å². The molecule has 0 aliphatic heterocycles. The fourth-order valence-electron chi connectivity index (χ4n) is 3.10. The van der Waals surface area contributed by atoms with Crippen molar-refractivity contribution in [1.82, 2.24) is 15.1 Å². The Morgan fingerprint density at radius 3 is 2.80 bits per heavy atom. The molecule has 0 saturated heterocycles. The summed E-state index contributed by atoms with van der Waals surface area (Å²) < 4.78 is 5.25. The lowest BCUT2D eigenvalue weighted by atomic mass is 10.1. The largest absolute Gasteiger partial charge is 0.389 e. The molecule has 30 heavy (non-hydrogen) atoms. The normalized spacial score (nSPS) is 10.8. The number of hydrogen-bond acceptors (Lipinski definition) is 4. The van der Waals surface area contributed by atoms with Gasteiger partial charge in [0, 0.05) is 42.5 Å². The molecule has 4 nitrogen and oxygen atoms in total. The number of anilines is 1. The van der Waals surface area contributed by atoms with E-state index in [0.29, 0.717) is 10.0 Å². The van der Waals surface area contributed by atoms with Gasteiger partial charge >= 0.3 is 0 Å². The molecular weight excluding hydrogens is 435 g/mol. The number of halogens is 2. The molecule has 0 unspecified atom stereocenters. The average Bonchev–Trinajstić information content (AvgIpc) is 3.22. The van der Waals surface area contributed by atoms with E-state index in [0.717, 1.165) is 60.4 Å². The minimum Gasteiger partial charge on any atom is -0.389 e. The first-order valence-corrected chi connectivity index (χ1v) is 11.8. The van der Waals surface area contributed by atoms with Gasteiger partial charge < -0.3 is 10.0 Å². The van der Waals surface area contributed by atoms with E-state index < -0.39 is 0 Å². The number of hydrogen-bond donors (Lipinski definition) is 2. The van der Waals surface area contributed by atoms with Gasteiger partial charge in [-0.05, 0) is 54.7 Å². The molecule has 1 aromatic heterocycles. The molecular formula is C23H26Cl2N4S. The third-order valence-corrected chi connectivity index (χ3v) is 5.87. The highest BCUT2D eigenvalue weighted by molar-refractivity contribution is 7.99. The van der Waals surface area contributed by atoms with Crippen LogP contribution in [0.15, 0.2) is 67.1 Å². The zero-order chi connectivity index (χ0) is 21.3.